The SMILES string of the molecule is CNc1cc(C2CCN(C(=O)c3cnc(C(C)(C)C)nc3)CC2)nc(-c2ccncc2)n1. The fourth-order valence-corrected chi connectivity index (χ4v) is 3.82. The number of hydrogen-bond donors (Lipinski definition) is 1. The van der Waals surface area contributed by atoms with Crippen molar-refractivity contribution in [3.05, 3.63) is 60.1 Å². The molecule has 32 heavy (non-hydrogen) atoms. The van der Waals surface area contributed by atoms with Gasteiger partial charge in [0, 0.05) is 73.6 Å². The number of anilines is 1. The van der Waals surface area contributed by atoms with Gasteiger partial charge in [-0.3, -0.25) is 9.78 Å². The van der Waals surface area contributed by atoms with Gasteiger partial charge in [0.1, 0.15) is 11.6 Å². The van der Waals surface area contributed by atoms with Crippen LogP contribution in [-0.2, 0) is 5.41 Å². The third-order valence-corrected chi connectivity index (χ3v) is 5.71. The summed E-state index contributed by atoms with van der Waals surface area (Å²) >= 11 is 0. The molecule has 8 nitrogen and oxygen atoms in total. The van der Waals surface area contributed by atoms with E-state index in [1.807, 2.05) is 30.1 Å². The molecule has 1 N–H and O–H groups in total. The Morgan fingerprint density at radius 1 is 1.06 bits per heavy atom. The standard InChI is InChI=1S/C24H29N7O/c1-24(2,3)23-27-14-18(15-28-23)22(32)31-11-7-16(8-12-31)19-13-20(25-4)30-21(29-19)17-5-9-26-10-6-17/h5-6,9-10,13-16H,7-8,11-12H2,1-4H3,(H,25,29,30). The number of amides is 1. The molecular weight excluding hydrogens is 402 g/mol. The highest BCUT2D eigenvalue weighted by molar-refractivity contribution is 5.93. The molecule has 0 radical (unpaired) electrons. The highest BCUT2D eigenvalue weighted by atomic mass is 16.2. The number of nitrogens with one attached hydrogen (secondary N) is 1. The largest absolute Gasteiger partial charge is 0.373 e. The smallest absolute Gasteiger partial charge is 0.256 e. The van der Waals surface area contributed by atoms with E-state index in [4.69, 9.17) is 4.98 Å². The Morgan fingerprint density at radius 2 is 1.72 bits per heavy atom. The number of carbonyl (C=O) groups excluding carboxylic acids is 1. The summed E-state index contributed by atoms with van der Waals surface area (Å²) in [6.45, 7) is 7.52. The lowest BCUT2D eigenvalue weighted by Crippen LogP contribution is -2.38. The van der Waals surface area contributed by atoms with Gasteiger partial charge in [0.05, 0.1) is 5.56 Å². The summed E-state index contributed by atoms with van der Waals surface area (Å²) < 4.78 is 0. The number of likely N-dealkylation sites (tertiary alicyclic amines) is 1. The van der Waals surface area contributed by atoms with Gasteiger partial charge in [0.25, 0.3) is 5.91 Å². The summed E-state index contributed by atoms with van der Waals surface area (Å²) in [6, 6.07) is 5.82. The van der Waals surface area contributed by atoms with Gasteiger partial charge in [0.2, 0.25) is 0 Å². The van der Waals surface area contributed by atoms with E-state index >= 15 is 0 Å². The summed E-state index contributed by atoms with van der Waals surface area (Å²) in [7, 11) is 1.86. The molecule has 0 bridgehead atoms. The van der Waals surface area contributed by atoms with Gasteiger partial charge in [-0.15, -0.1) is 0 Å². The van der Waals surface area contributed by atoms with E-state index in [9.17, 15) is 4.79 Å². The first-order valence-electron chi connectivity index (χ1n) is 10.9. The quantitative estimate of drug-likeness (QED) is 0.673. The molecule has 4 heterocycles. The first-order chi connectivity index (χ1) is 15.3. The van der Waals surface area contributed by atoms with E-state index < -0.39 is 0 Å². The molecule has 4 rings (SSSR count). The predicted octanol–water partition coefficient (Wildman–Crippen LogP) is 3.69. The fourth-order valence-electron chi connectivity index (χ4n) is 3.82. The van der Waals surface area contributed by atoms with Crippen LogP contribution in [-0.4, -0.2) is 55.9 Å². The highest BCUT2D eigenvalue weighted by Crippen LogP contribution is 2.30. The van der Waals surface area contributed by atoms with Gasteiger partial charge in [-0.1, -0.05) is 20.8 Å². The zero-order valence-electron chi connectivity index (χ0n) is 19.0. The minimum absolute atomic E-state index is 0.0139. The molecule has 0 aliphatic carbocycles. The van der Waals surface area contributed by atoms with Crippen LogP contribution in [0.2, 0.25) is 0 Å². The number of nitrogens with zero attached hydrogens (tertiary/aromatic N) is 6. The summed E-state index contributed by atoms with van der Waals surface area (Å²) in [5.41, 5.74) is 2.33. The molecule has 0 aromatic carbocycles. The van der Waals surface area contributed by atoms with Crippen molar-refractivity contribution in [1.82, 2.24) is 29.8 Å². The minimum atomic E-state index is -0.140. The molecule has 0 atom stereocenters. The Labute approximate surface area is 188 Å². The molecule has 3 aromatic rings. The van der Waals surface area contributed by atoms with Crippen LogP contribution in [0.25, 0.3) is 11.4 Å². The molecular formula is C24H29N7O. The van der Waals surface area contributed by atoms with Crippen molar-refractivity contribution < 1.29 is 4.79 Å². The second-order valence-electron chi connectivity index (χ2n) is 9.10. The Balaban J connectivity index is 1.46. The first-order valence-corrected chi connectivity index (χ1v) is 10.9. The summed E-state index contributed by atoms with van der Waals surface area (Å²) in [5, 5.41) is 3.13. The van der Waals surface area contributed by atoms with Gasteiger partial charge in [-0.2, -0.15) is 0 Å². The van der Waals surface area contributed by atoms with E-state index in [0.29, 0.717) is 24.5 Å². The summed E-state index contributed by atoms with van der Waals surface area (Å²) in [4.78, 5) is 37.1. The Morgan fingerprint density at radius 3 is 2.31 bits per heavy atom. The number of hydrogen-bond acceptors (Lipinski definition) is 7. The third kappa shape index (κ3) is 4.74. The maximum Gasteiger partial charge on any atom is 0.256 e. The van der Waals surface area contributed by atoms with E-state index in [2.05, 4.69) is 46.0 Å². The van der Waals surface area contributed by atoms with Crippen molar-refractivity contribution in [2.75, 3.05) is 25.5 Å². The van der Waals surface area contributed by atoms with Crippen molar-refractivity contribution in [1.29, 1.82) is 0 Å². The molecule has 1 fully saturated rings. The monoisotopic (exact) mass is 431 g/mol. The van der Waals surface area contributed by atoms with Crippen LogP contribution in [0.1, 0.15) is 61.4 Å². The predicted molar refractivity (Wildman–Crippen MR) is 123 cm³/mol. The van der Waals surface area contributed by atoms with E-state index in [1.54, 1.807) is 24.8 Å². The third-order valence-electron chi connectivity index (χ3n) is 5.71. The first kappa shape index (κ1) is 21.8. The zero-order chi connectivity index (χ0) is 22.7. The molecule has 0 unspecified atom stereocenters. The molecule has 1 aliphatic heterocycles. The average molecular weight is 432 g/mol. The van der Waals surface area contributed by atoms with Crippen LogP contribution in [0.4, 0.5) is 5.82 Å². The van der Waals surface area contributed by atoms with Crippen LogP contribution in [0.3, 0.4) is 0 Å². The fraction of sp³-hybridized carbons (Fsp3) is 0.417. The molecule has 0 saturated carbocycles. The van der Waals surface area contributed by atoms with Crippen LogP contribution in [0, 0.1) is 0 Å². The molecule has 1 aliphatic rings. The summed E-state index contributed by atoms with van der Waals surface area (Å²) in [5.74, 6) is 2.47. The van der Waals surface area contributed by atoms with Crippen molar-refractivity contribution in [3.8, 4) is 11.4 Å². The highest BCUT2D eigenvalue weighted by Gasteiger charge is 2.27. The van der Waals surface area contributed by atoms with Crippen molar-refractivity contribution >= 4 is 11.7 Å². The van der Waals surface area contributed by atoms with Crippen molar-refractivity contribution in [3.63, 3.8) is 0 Å². The molecule has 3 aromatic heterocycles. The Kier molecular flexibility index (Phi) is 6.12. The van der Waals surface area contributed by atoms with E-state index in [-0.39, 0.29) is 17.2 Å². The minimum Gasteiger partial charge on any atom is -0.373 e. The van der Waals surface area contributed by atoms with Gasteiger partial charge in [-0.05, 0) is 25.0 Å². The van der Waals surface area contributed by atoms with E-state index in [0.717, 1.165) is 35.7 Å². The molecule has 0 spiro atoms. The molecule has 1 saturated heterocycles. The van der Waals surface area contributed by atoms with Crippen molar-refractivity contribution in [2.45, 2.75) is 44.9 Å². The number of aromatic nitrogens is 5. The van der Waals surface area contributed by atoms with Crippen LogP contribution >= 0.6 is 0 Å². The average Bonchev–Trinajstić information content (AvgIpc) is 2.83. The number of carbonyl (C=O) groups is 1. The Bertz CT molecular complexity index is 1070. The second-order valence-corrected chi connectivity index (χ2v) is 9.10. The Hall–Kier alpha value is -3.42. The lowest BCUT2D eigenvalue weighted by atomic mass is 9.92. The van der Waals surface area contributed by atoms with Crippen LogP contribution in [0.15, 0.2) is 43.0 Å². The number of piperidine rings is 1. The van der Waals surface area contributed by atoms with Gasteiger partial charge in [-0.25, -0.2) is 19.9 Å². The number of rotatable bonds is 4. The maximum atomic E-state index is 12.9. The second kappa shape index (κ2) is 8.98. The maximum absolute atomic E-state index is 12.9. The molecule has 166 valence electrons. The van der Waals surface area contributed by atoms with Crippen LogP contribution in [0.5, 0.6) is 0 Å². The van der Waals surface area contributed by atoms with E-state index in [1.165, 1.54) is 0 Å². The van der Waals surface area contributed by atoms with Gasteiger partial charge >= 0.3 is 0 Å². The van der Waals surface area contributed by atoms with Gasteiger partial charge in [0.15, 0.2) is 5.82 Å². The molecule has 1 amide bonds. The number of pyridine rings is 1. The van der Waals surface area contributed by atoms with Crippen molar-refractivity contribution in [2.24, 2.45) is 0 Å². The normalized spacial score (nSPS) is 14.9. The zero-order valence-corrected chi connectivity index (χ0v) is 19.0. The summed E-state index contributed by atoms with van der Waals surface area (Å²) in [6.07, 6.45) is 8.48. The lowest BCUT2D eigenvalue weighted by Gasteiger charge is -2.32. The topological polar surface area (TPSA) is 96.8 Å². The molecule has 8 heteroatoms. The van der Waals surface area contributed by atoms with Gasteiger partial charge < -0.3 is 10.2 Å². The lowest BCUT2D eigenvalue weighted by molar-refractivity contribution is 0.0711. The van der Waals surface area contributed by atoms with Crippen LogP contribution < -0.4 is 5.32 Å².